The maximum absolute atomic E-state index is 13.1. The van der Waals surface area contributed by atoms with Crippen molar-refractivity contribution in [3.63, 3.8) is 0 Å². The number of piperidine rings is 1. The zero-order valence-electron chi connectivity index (χ0n) is 20.7. The molecule has 5 heteroatoms. The Labute approximate surface area is 204 Å². The van der Waals surface area contributed by atoms with E-state index in [1.807, 2.05) is 36.2 Å². The maximum Gasteiger partial charge on any atom is 0.222 e. The molecular weight excluding hydrogens is 424 g/mol. The molecule has 1 aliphatic carbocycles. The van der Waals surface area contributed by atoms with E-state index in [1.165, 1.54) is 5.56 Å². The van der Waals surface area contributed by atoms with Gasteiger partial charge in [0.1, 0.15) is 5.75 Å². The molecule has 1 saturated carbocycles. The molecule has 4 rings (SSSR count). The van der Waals surface area contributed by atoms with Gasteiger partial charge in [0, 0.05) is 31.5 Å². The quantitative estimate of drug-likeness (QED) is 0.564. The van der Waals surface area contributed by atoms with Gasteiger partial charge in [-0.25, -0.2) is 0 Å². The van der Waals surface area contributed by atoms with Gasteiger partial charge in [0.25, 0.3) is 0 Å². The van der Waals surface area contributed by atoms with Crippen molar-refractivity contribution in [3.8, 4) is 5.75 Å². The molecule has 2 aromatic rings. The second-order valence-electron chi connectivity index (χ2n) is 10.6. The van der Waals surface area contributed by atoms with Crippen LogP contribution >= 0.6 is 0 Å². The zero-order chi connectivity index (χ0) is 24.2. The third-order valence-corrected chi connectivity index (χ3v) is 8.36. The lowest BCUT2D eigenvalue weighted by Crippen LogP contribution is -2.66. The van der Waals surface area contributed by atoms with E-state index in [-0.39, 0.29) is 17.7 Å². The number of aromatic hydroxyl groups is 1. The summed E-state index contributed by atoms with van der Waals surface area (Å²) in [6.07, 6.45) is 7.73. The van der Waals surface area contributed by atoms with Crippen LogP contribution in [-0.4, -0.2) is 64.7 Å². The lowest BCUT2D eigenvalue weighted by molar-refractivity contribution is -0.146. The Kier molecular flexibility index (Phi) is 7.63. The summed E-state index contributed by atoms with van der Waals surface area (Å²) in [5, 5.41) is 22.0. The third kappa shape index (κ3) is 5.16. The molecule has 0 radical (unpaired) electrons. The highest BCUT2D eigenvalue weighted by atomic mass is 16.3. The summed E-state index contributed by atoms with van der Waals surface area (Å²) in [5.74, 6) is 0.435. The van der Waals surface area contributed by atoms with E-state index in [0.29, 0.717) is 19.4 Å². The van der Waals surface area contributed by atoms with Crippen molar-refractivity contribution in [3.05, 3.63) is 65.7 Å². The standard InChI is InChI=1S/C29H40N2O3/c1-30-19-18-28(24-13-9-14-26(32)20-24)21-25(16-17-29(28,34)22-30)31(2)27(33)15-8-4-7-12-23-10-5-3-6-11-23/h3,5-6,9-11,13-14,20,25,32,34H,4,7-8,12,15-19,21-22H2,1-2H3. The SMILES string of the molecule is CN1CCC2(c3cccc(O)c3)CC(N(C)C(=O)CCCCCc3ccccc3)CCC2(O)C1. The topological polar surface area (TPSA) is 64.0 Å². The lowest BCUT2D eigenvalue weighted by atomic mass is 9.55. The van der Waals surface area contributed by atoms with Crippen molar-refractivity contribution < 1.29 is 15.0 Å². The maximum atomic E-state index is 13.1. The summed E-state index contributed by atoms with van der Waals surface area (Å²) in [4.78, 5) is 17.2. The number of rotatable bonds is 8. The van der Waals surface area contributed by atoms with Gasteiger partial charge in [0.2, 0.25) is 5.91 Å². The first-order valence-corrected chi connectivity index (χ1v) is 12.8. The molecule has 0 bridgehead atoms. The Morgan fingerprint density at radius 1 is 1.09 bits per heavy atom. The number of benzene rings is 2. The van der Waals surface area contributed by atoms with E-state index in [2.05, 4.69) is 36.2 Å². The number of hydrogen-bond donors (Lipinski definition) is 2. The van der Waals surface area contributed by atoms with Gasteiger partial charge in [-0.2, -0.15) is 0 Å². The molecule has 0 spiro atoms. The van der Waals surface area contributed by atoms with Gasteiger partial charge in [0.05, 0.1) is 5.60 Å². The van der Waals surface area contributed by atoms with Gasteiger partial charge >= 0.3 is 0 Å². The van der Waals surface area contributed by atoms with E-state index in [4.69, 9.17) is 0 Å². The van der Waals surface area contributed by atoms with Gasteiger partial charge in [-0.1, -0.05) is 48.9 Å². The molecule has 0 aromatic heterocycles. The number of phenolic OH excluding ortho intramolecular Hbond substituents is 1. The molecule has 2 aromatic carbocycles. The summed E-state index contributed by atoms with van der Waals surface area (Å²) in [6.45, 7) is 1.51. The fourth-order valence-corrected chi connectivity index (χ4v) is 6.28. The van der Waals surface area contributed by atoms with Crippen LogP contribution in [0.1, 0.15) is 62.5 Å². The Morgan fingerprint density at radius 3 is 2.65 bits per heavy atom. The van der Waals surface area contributed by atoms with Crippen molar-refractivity contribution in [1.82, 2.24) is 9.80 Å². The molecular formula is C29H40N2O3. The molecule has 2 aliphatic rings. The minimum Gasteiger partial charge on any atom is -0.508 e. The van der Waals surface area contributed by atoms with Crippen molar-refractivity contribution in [2.75, 3.05) is 27.2 Å². The normalized spacial score (nSPS) is 27.2. The number of aryl methyl sites for hydroxylation is 1. The molecule has 2 N–H and O–H groups in total. The third-order valence-electron chi connectivity index (χ3n) is 8.36. The molecule has 5 nitrogen and oxygen atoms in total. The van der Waals surface area contributed by atoms with E-state index >= 15 is 0 Å². The fourth-order valence-electron chi connectivity index (χ4n) is 6.28. The number of β-amino-alcohol motifs (C(OH)–C–C–N with tert-alkyl or cyclic N) is 1. The van der Waals surface area contributed by atoms with Crippen molar-refractivity contribution >= 4 is 5.91 Å². The van der Waals surface area contributed by atoms with E-state index < -0.39 is 11.0 Å². The van der Waals surface area contributed by atoms with Crippen LogP contribution in [0.25, 0.3) is 0 Å². The van der Waals surface area contributed by atoms with Crippen LogP contribution in [0.2, 0.25) is 0 Å². The number of unbranched alkanes of at least 4 members (excludes halogenated alkanes) is 2. The molecule has 1 aliphatic heterocycles. The van der Waals surface area contributed by atoms with Crippen LogP contribution in [-0.2, 0) is 16.6 Å². The first kappa shape index (κ1) is 24.7. The minimum atomic E-state index is -0.856. The second-order valence-corrected chi connectivity index (χ2v) is 10.6. The highest BCUT2D eigenvalue weighted by molar-refractivity contribution is 5.76. The van der Waals surface area contributed by atoms with Gasteiger partial charge < -0.3 is 20.0 Å². The highest BCUT2D eigenvalue weighted by Crippen LogP contribution is 2.52. The fraction of sp³-hybridized carbons (Fsp3) is 0.552. The molecule has 1 heterocycles. The van der Waals surface area contributed by atoms with Crippen molar-refractivity contribution in [2.45, 2.75) is 74.8 Å². The Bertz CT molecular complexity index is 965. The van der Waals surface area contributed by atoms with Crippen molar-refractivity contribution in [1.29, 1.82) is 0 Å². The largest absolute Gasteiger partial charge is 0.508 e. The Hall–Kier alpha value is -2.37. The highest BCUT2D eigenvalue weighted by Gasteiger charge is 2.57. The summed E-state index contributed by atoms with van der Waals surface area (Å²) < 4.78 is 0. The summed E-state index contributed by atoms with van der Waals surface area (Å²) in [5.41, 5.74) is 1.04. The molecule has 3 unspecified atom stereocenters. The van der Waals surface area contributed by atoms with Gasteiger partial charge in [-0.15, -0.1) is 0 Å². The van der Waals surface area contributed by atoms with Crippen LogP contribution in [0.3, 0.4) is 0 Å². The Balaban J connectivity index is 1.39. The van der Waals surface area contributed by atoms with Crippen LogP contribution < -0.4 is 0 Å². The number of carbonyl (C=O) groups is 1. The Morgan fingerprint density at radius 2 is 1.88 bits per heavy atom. The lowest BCUT2D eigenvalue weighted by Gasteiger charge is -2.58. The van der Waals surface area contributed by atoms with E-state index in [0.717, 1.165) is 57.1 Å². The molecule has 34 heavy (non-hydrogen) atoms. The first-order chi connectivity index (χ1) is 16.3. The van der Waals surface area contributed by atoms with E-state index in [1.54, 1.807) is 6.07 Å². The number of nitrogens with zero attached hydrogens (tertiary/aromatic N) is 2. The number of likely N-dealkylation sites (N-methyl/N-ethyl adjacent to an activating group) is 1. The number of likely N-dealkylation sites (tertiary alicyclic amines) is 1. The van der Waals surface area contributed by atoms with E-state index in [9.17, 15) is 15.0 Å². The number of amides is 1. The van der Waals surface area contributed by atoms with Gasteiger partial charge in [-0.3, -0.25) is 4.79 Å². The summed E-state index contributed by atoms with van der Waals surface area (Å²) >= 11 is 0. The molecule has 184 valence electrons. The predicted octanol–water partition coefficient (Wildman–Crippen LogP) is 4.51. The van der Waals surface area contributed by atoms with Crippen LogP contribution in [0.15, 0.2) is 54.6 Å². The predicted molar refractivity (Wildman–Crippen MR) is 136 cm³/mol. The number of phenols is 1. The molecule has 1 amide bonds. The number of carbonyl (C=O) groups excluding carboxylic acids is 1. The first-order valence-electron chi connectivity index (χ1n) is 12.8. The van der Waals surface area contributed by atoms with Gasteiger partial charge in [-0.05, 0) is 81.8 Å². The number of hydrogen-bond acceptors (Lipinski definition) is 4. The molecule has 1 saturated heterocycles. The zero-order valence-corrected chi connectivity index (χ0v) is 20.7. The molecule has 2 fully saturated rings. The summed E-state index contributed by atoms with van der Waals surface area (Å²) in [7, 11) is 4.00. The van der Waals surface area contributed by atoms with Crippen LogP contribution in [0, 0.1) is 0 Å². The molecule has 3 atom stereocenters. The number of aliphatic hydroxyl groups is 1. The summed E-state index contributed by atoms with van der Waals surface area (Å²) in [6, 6.07) is 18.0. The smallest absolute Gasteiger partial charge is 0.222 e. The average molecular weight is 465 g/mol. The van der Waals surface area contributed by atoms with Gasteiger partial charge in [0.15, 0.2) is 0 Å². The number of fused-ring (bicyclic) bond motifs is 1. The second kappa shape index (κ2) is 10.5. The average Bonchev–Trinajstić information content (AvgIpc) is 2.83. The monoisotopic (exact) mass is 464 g/mol. The van der Waals surface area contributed by atoms with Crippen molar-refractivity contribution in [2.24, 2.45) is 0 Å². The van der Waals surface area contributed by atoms with Crippen LogP contribution in [0.4, 0.5) is 0 Å². The van der Waals surface area contributed by atoms with Crippen LogP contribution in [0.5, 0.6) is 5.75 Å². The minimum absolute atomic E-state index is 0.0999.